The van der Waals surface area contributed by atoms with Crippen LogP contribution in [0.15, 0.2) is 23.2 Å². The maximum Gasteiger partial charge on any atom is 0.226 e. The molecule has 1 aliphatic rings. The fourth-order valence-electron chi connectivity index (χ4n) is 2.86. The highest BCUT2D eigenvalue weighted by atomic mass is 16.5. The Bertz CT molecular complexity index is 607. The number of aryl methyl sites for hydroxylation is 2. The second-order valence-corrected chi connectivity index (χ2v) is 5.55. The minimum Gasteiger partial charge on any atom is -0.339 e. The molecule has 0 N–H and O–H groups in total. The molecule has 1 aliphatic heterocycles. The lowest BCUT2D eigenvalue weighted by molar-refractivity contribution is -0.132. The van der Waals surface area contributed by atoms with Gasteiger partial charge in [-0.3, -0.25) is 4.79 Å². The van der Waals surface area contributed by atoms with Crippen LogP contribution in [-0.2, 0) is 17.8 Å². The zero-order valence-electron chi connectivity index (χ0n) is 12.8. The lowest BCUT2D eigenvalue weighted by atomic mass is 10.2. The Kier molecular flexibility index (Phi) is 4.50. The lowest BCUT2D eigenvalue weighted by Gasteiger charge is -2.22. The van der Waals surface area contributed by atoms with Crippen molar-refractivity contribution in [3.05, 3.63) is 30.4 Å². The highest BCUT2D eigenvalue weighted by Gasteiger charge is 2.32. The molecular weight excluding hydrogens is 282 g/mol. The first kappa shape index (κ1) is 14.7. The summed E-state index contributed by atoms with van der Waals surface area (Å²) in [5.74, 6) is 1.46. The Morgan fingerprint density at radius 1 is 1.50 bits per heavy atom. The van der Waals surface area contributed by atoms with E-state index in [1.165, 1.54) is 0 Å². The van der Waals surface area contributed by atoms with Crippen molar-refractivity contribution < 1.29 is 9.32 Å². The van der Waals surface area contributed by atoms with Gasteiger partial charge in [0.25, 0.3) is 0 Å². The van der Waals surface area contributed by atoms with Crippen molar-refractivity contribution in [2.75, 3.05) is 6.54 Å². The molecule has 0 bridgehead atoms. The molecule has 0 radical (unpaired) electrons. The number of nitrogens with zero attached hydrogens (tertiary/aromatic N) is 5. The average Bonchev–Trinajstić information content (AvgIpc) is 3.27. The number of hydrogen-bond acceptors (Lipinski definition) is 5. The van der Waals surface area contributed by atoms with E-state index in [1.807, 2.05) is 22.6 Å². The summed E-state index contributed by atoms with van der Waals surface area (Å²) in [6.45, 7) is 3.57. The van der Waals surface area contributed by atoms with Crippen molar-refractivity contribution in [3.8, 4) is 0 Å². The van der Waals surface area contributed by atoms with Crippen molar-refractivity contribution in [1.82, 2.24) is 24.6 Å². The third-order valence-electron chi connectivity index (χ3n) is 4.02. The molecule has 1 atom stereocenters. The Morgan fingerprint density at radius 2 is 2.41 bits per heavy atom. The third kappa shape index (κ3) is 3.18. The van der Waals surface area contributed by atoms with Gasteiger partial charge in [0.05, 0.1) is 12.4 Å². The summed E-state index contributed by atoms with van der Waals surface area (Å²) in [7, 11) is 0. The Balaban J connectivity index is 1.56. The number of rotatable bonds is 6. The van der Waals surface area contributed by atoms with E-state index in [2.05, 4.69) is 15.1 Å². The van der Waals surface area contributed by atoms with Crippen LogP contribution in [0.1, 0.15) is 50.4 Å². The van der Waals surface area contributed by atoms with E-state index in [0.29, 0.717) is 18.1 Å². The zero-order chi connectivity index (χ0) is 15.4. The Hall–Kier alpha value is -2.18. The van der Waals surface area contributed by atoms with Crippen molar-refractivity contribution in [3.63, 3.8) is 0 Å². The number of carbonyl (C=O) groups excluding carboxylic acids is 1. The molecule has 0 aliphatic carbocycles. The van der Waals surface area contributed by atoms with Crippen LogP contribution in [0.5, 0.6) is 0 Å². The molecule has 7 heteroatoms. The van der Waals surface area contributed by atoms with E-state index >= 15 is 0 Å². The summed E-state index contributed by atoms with van der Waals surface area (Å²) in [6, 6.07) is -0.0233. The summed E-state index contributed by atoms with van der Waals surface area (Å²) >= 11 is 0. The highest BCUT2D eigenvalue weighted by molar-refractivity contribution is 5.76. The molecule has 0 spiro atoms. The second-order valence-electron chi connectivity index (χ2n) is 5.55. The molecule has 3 heterocycles. The van der Waals surface area contributed by atoms with E-state index < -0.39 is 0 Å². The van der Waals surface area contributed by atoms with Crippen LogP contribution in [0.3, 0.4) is 0 Å². The topological polar surface area (TPSA) is 77.1 Å². The number of carbonyl (C=O) groups is 1. The molecule has 1 saturated heterocycles. The van der Waals surface area contributed by atoms with Crippen molar-refractivity contribution >= 4 is 5.91 Å². The number of hydrogen-bond donors (Lipinski definition) is 0. The third-order valence-corrected chi connectivity index (χ3v) is 4.02. The molecular formula is C15H21N5O2. The molecule has 2 aromatic heterocycles. The van der Waals surface area contributed by atoms with Crippen molar-refractivity contribution in [1.29, 1.82) is 0 Å². The highest BCUT2D eigenvalue weighted by Crippen LogP contribution is 2.30. The molecule has 7 nitrogen and oxygen atoms in total. The minimum atomic E-state index is -0.0233. The molecule has 22 heavy (non-hydrogen) atoms. The second kappa shape index (κ2) is 6.72. The van der Waals surface area contributed by atoms with E-state index in [0.717, 1.165) is 38.8 Å². The molecule has 0 aromatic carbocycles. The number of imidazole rings is 1. The number of likely N-dealkylation sites (tertiary alicyclic amines) is 1. The van der Waals surface area contributed by atoms with E-state index in [4.69, 9.17) is 4.52 Å². The van der Waals surface area contributed by atoms with Crippen LogP contribution in [0.25, 0.3) is 0 Å². The van der Waals surface area contributed by atoms with Crippen LogP contribution >= 0.6 is 0 Å². The van der Waals surface area contributed by atoms with Gasteiger partial charge in [-0.05, 0) is 19.3 Å². The van der Waals surface area contributed by atoms with Gasteiger partial charge < -0.3 is 14.0 Å². The molecule has 0 saturated carbocycles. The van der Waals surface area contributed by atoms with Crippen LogP contribution in [0, 0.1) is 0 Å². The van der Waals surface area contributed by atoms with Crippen LogP contribution in [0.2, 0.25) is 0 Å². The SMILES string of the molecule is CCc1nc(C2CCCN2C(=O)CCCn2ccnc2)no1. The minimum absolute atomic E-state index is 0.0233. The smallest absolute Gasteiger partial charge is 0.226 e. The van der Waals surface area contributed by atoms with Gasteiger partial charge in [0.1, 0.15) is 0 Å². The Morgan fingerprint density at radius 3 is 3.14 bits per heavy atom. The van der Waals surface area contributed by atoms with Gasteiger partial charge in [0.2, 0.25) is 11.8 Å². The van der Waals surface area contributed by atoms with Crippen molar-refractivity contribution in [2.24, 2.45) is 0 Å². The largest absolute Gasteiger partial charge is 0.339 e. The van der Waals surface area contributed by atoms with Crippen molar-refractivity contribution in [2.45, 2.75) is 51.6 Å². The quantitative estimate of drug-likeness (QED) is 0.815. The molecule has 1 unspecified atom stereocenters. The van der Waals surface area contributed by atoms with Crippen LogP contribution < -0.4 is 0 Å². The standard InChI is InChI=1S/C15H21N5O2/c1-2-13-17-15(18-22-13)12-5-3-9-20(12)14(21)6-4-8-19-10-7-16-11-19/h7,10-12H,2-6,8-9H2,1H3. The van der Waals surface area contributed by atoms with E-state index in [1.54, 1.807) is 12.5 Å². The molecule has 3 rings (SSSR count). The van der Waals surface area contributed by atoms with Gasteiger partial charge in [-0.25, -0.2) is 4.98 Å². The maximum absolute atomic E-state index is 12.4. The van der Waals surface area contributed by atoms with Gasteiger partial charge in [0.15, 0.2) is 5.82 Å². The molecule has 1 amide bonds. The monoisotopic (exact) mass is 303 g/mol. The van der Waals surface area contributed by atoms with Gasteiger partial charge >= 0.3 is 0 Å². The first-order valence-electron chi connectivity index (χ1n) is 7.85. The first-order chi connectivity index (χ1) is 10.8. The Labute approximate surface area is 129 Å². The van der Waals surface area contributed by atoms with Gasteiger partial charge in [-0.1, -0.05) is 12.1 Å². The predicted octanol–water partition coefficient (Wildman–Crippen LogP) is 1.97. The van der Waals surface area contributed by atoms with Gasteiger partial charge in [0, 0.05) is 38.3 Å². The summed E-state index contributed by atoms with van der Waals surface area (Å²) < 4.78 is 7.16. The summed E-state index contributed by atoms with van der Waals surface area (Å²) in [5.41, 5.74) is 0. The molecule has 1 fully saturated rings. The van der Waals surface area contributed by atoms with E-state index in [-0.39, 0.29) is 11.9 Å². The maximum atomic E-state index is 12.4. The molecule has 118 valence electrons. The summed E-state index contributed by atoms with van der Waals surface area (Å²) in [5, 5.41) is 4.03. The summed E-state index contributed by atoms with van der Waals surface area (Å²) in [4.78, 5) is 22.7. The zero-order valence-corrected chi connectivity index (χ0v) is 12.8. The fraction of sp³-hybridized carbons (Fsp3) is 0.600. The lowest BCUT2D eigenvalue weighted by Crippen LogP contribution is -2.31. The van der Waals surface area contributed by atoms with Gasteiger partial charge in [-0.15, -0.1) is 0 Å². The predicted molar refractivity (Wildman–Crippen MR) is 78.8 cm³/mol. The van der Waals surface area contributed by atoms with Gasteiger partial charge in [-0.2, -0.15) is 4.98 Å². The fourth-order valence-corrected chi connectivity index (χ4v) is 2.86. The molecule has 2 aromatic rings. The van der Waals surface area contributed by atoms with Crippen LogP contribution in [-0.4, -0.2) is 37.0 Å². The summed E-state index contributed by atoms with van der Waals surface area (Å²) in [6.07, 6.45) is 9.41. The normalized spacial score (nSPS) is 18.0. The van der Waals surface area contributed by atoms with Crippen LogP contribution in [0.4, 0.5) is 0 Å². The number of aromatic nitrogens is 4. The average molecular weight is 303 g/mol. The van der Waals surface area contributed by atoms with E-state index in [9.17, 15) is 4.79 Å². The first-order valence-corrected chi connectivity index (χ1v) is 7.85. The number of amides is 1.